The summed E-state index contributed by atoms with van der Waals surface area (Å²) in [4.78, 5) is 4.03. The van der Waals surface area contributed by atoms with E-state index < -0.39 is 0 Å². The molecular weight excluding hydrogens is 134 g/mol. The Kier molecular flexibility index (Phi) is 2.84. The minimum Gasteiger partial charge on any atom is -0.264 e. The molecule has 11 heavy (non-hydrogen) atoms. The van der Waals surface area contributed by atoms with Gasteiger partial charge in [0.05, 0.1) is 0 Å². The molecule has 1 heteroatoms. The van der Waals surface area contributed by atoms with Crippen LogP contribution in [-0.4, -0.2) is 4.98 Å². The molecule has 0 spiro atoms. The van der Waals surface area contributed by atoms with E-state index in [9.17, 15) is 0 Å². The summed E-state index contributed by atoms with van der Waals surface area (Å²) < 4.78 is 0. The van der Waals surface area contributed by atoms with Crippen molar-refractivity contribution in [1.82, 2.24) is 4.98 Å². The van der Waals surface area contributed by atoms with E-state index >= 15 is 0 Å². The average molecular weight is 147 g/mol. The molecular formula is C10H13N. The van der Waals surface area contributed by atoms with Gasteiger partial charge < -0.3 is 0 Å². The second-order valence-corrected chi connectivity index (χ2v) is 2.63. The van der Waals surface area contributed by atoms with Gasteiger partial charge in [0.25, 0.3) is 0 Å². The molecule has 0 bridgehead atoms. The molecule has 0 unspecified atom stereocenters. The number of rotatable bonds is 3. The molecule has 0 aliphatic rings. The molecule has 1 nitrogen and oxygen atoms in total. The fraction of sp³-hybridized carbons (Fsp3) is 0.300. The molecule has 0 amide bonds. The van der Waals surface area contributed by atoms with Gasteiger partial charge in [-0.3, -0.25) is 4.98 Å². The maximum atomic E-state index is 4.03. The van der Waals surface area contributed by atoms with Crippen molar-refractivity contribution in [1.29, 1.82) is 0 Å². The van der Waals surface area contributed by atoms with Crippen molar-refractivity contribution < 1.29 is 0 Å². The largest absolute Gasteiger partial charge is 0.264 e. The van der Waals surface area contributed by atoms with E-state index in [0.29, 0.717) is 0 Å². The van der Waals surface area contributed by atoms with Gasteiger partial charge >= 0.3 is 0 Å². The fourth-order valence-electron chi connectivity index (χ4n) is 1.04. The Morgan fingerprint density at radius 2 is 2.45 bits per heavy atom. The molecule has 1 aromatic heterocycles. The first kappa shape index (κ1) is 7.99. The zero-order valence-electron chi connectivity index (χ0n) is 6.88. The van der Waals surface area contributed by atoms with Crippen LogP contribution in [0.2, 0.25) is 0 Å². The summed E-state index contributed by atoms with van der Waals surface area (Å²) >= 11 is 0. The Balaban J connectivity index is 2.69. The zero-order chi connectivity index (χ0) is 8.10. The molecule has 0 saturated carbocycles. The molecule has 1 aromatic rings. The SMILES string of the molecule is C=CCCc1ccncc1C. The van der Waals surface area contributed by atoms with Gasteiger partial charge in [0.1, 0.15) is 0 Å². The molecule has 58 valence electrons. The zero-order valence-corrected chi connectivity index (χ0v) is 6.88. The average Bonchev–Trinajstić information content (AvgIpc) is 2.03. The summed E-state index contributed by atoms with van der Waals surface area (Å²) in [6, 6.07) is 2.07. The highest BCUT2D eigenvalue weighted by Gasteiger charge is 1.94. The molecule has 0 aliphatic carbocycles. The number of aryl methyl sites for hydroxylation is 2. The van der Waals surface area contributed by atoms with Crippen LogP contribution in [0.5, 0.6) is 0 Å². The van der Waals surface area contributed by atoms with Crippen LogP contribution in [0.15, 0.2) is 31.1 Å². The molecule has 1 heterocycles. The lowest BCUT2D eigenvalue weighted by Gasteiger charge is -2.00. The van der Waals surface area contributed by atoms with Crippen molar-refractivity contribution in [3.8, 4) is 0 Å². The van der Waals surface area contributed by atoms with E-state index in [1.807, 2.05) is 18.5 Å². The first-order valence-electron chi connectivity index (χ1n) is 3.85. The molecule has 0 aromatic carbocycles. The van der Waals surface area contributed by atoms with Crippen LogP contribution in [0.1, 0.15) is 17.5 Å². The van der Waals surface area contributed by atoms with Gasteiger partial charge in [-0.2, -0.15) is 0 Å². The minimum absolute atomic E-state index is 1.05. The fourth-order valence-corrected chi connectivity index (χ4v) is 1.04. The Hall–Kier alpha value is -1.11. The van der Waals surface area contributed by atoms with Gasteiger partial charge in [-0.05, 0) is 37.0 Å². The second kappa shape index (κ2) is 3.91. The van der Waals surface area contributed by atoms with Gasteiger partial charge in [-0.15, -0.1) is 6.58 Å². The van der Waals surface area contributed by atoms with Gasteiger partial charge in [0.15, 0.2) is 0 Å². The van der Waals surface area contributed by atoms with Gasteiger partial charge in [0.2, 0.25) is 0 Å². The highest BCUT2D eigenvalue weighted by Crippen LogP contribution is 2.07. The predicted molar refractivity (Wildman–Crippen MR) is 47.5 cm³/mol. The molecule has 0 radical (unpaired) electrons. The van der Waals surface area contributed by atoms with Crippen LogP contribution in [0.4, 0.5) is 0 Å². The van der Waals surface area contributed by atoms with Crippen molar-refractivity contribution in [2.45, 2.75) is 19.8 Å². The summed E-state index contributed by atoms with van der Waals surface area (Å²) in [5, 5.41) is 0. The maximum absolute atomic E-state index is 4.03. The van der Waals surface area contributed by atoms with Crippen molar-refractivity contribution in [3.63, 3.8) is 0 Å². The summed E-state index contributed by atoms with van der Waals surface area (Å²) in [7, 11) is 0. The lowest BCUT2D eigenvalue weighted by Crippen LogP contribution is -1.88. The first-order valence-corrected chi connectivity index (χ1v) is 3.85. The third kappa shape index (κ3) is 2.19. The van der Waals surface area contributed by atoms with Crippen LogP contribution in [-0.2, 0) is 6.42 Å². The van der Waals surface area contributed by atoms with E-state index in [-0.39, 0.29) is 0 Å². The summed E-state index contributed by atoms with van der Waals surface area (Å²) in [5.41, 5.74) is 2.65. The summed E-state index contributed by atoms with van der Waals surface area (Å²) in [6.07, 6.45) is 7.81. The van der Waals surface area contributed by atoms with E-state index in [4.69, 9.17) is 0 Å². The molecule has 0 N–H and O–H groups in total. The summed E-state index contributed by atoms with van der Waals surface area (Å²) in [5.74, 6) is 0. The first-order chi connectivity index (χ1) is 5.34. The number of hydrogen-bond acceptors (Lipinski definition) is 1. The molecule has 0 fully saturated rings. The molecule has 0 saturated heterocycles. The van der Waals surface area contributed by atoms with Gasteiger partial charge in [0, 0.05) is 12.4 Å². The number of pyridine rings is 1. The van der Waals surface area contributed by atoms with E-state index in [2.05, 4.69) is 24.6 Å². The third-order valence-electron chi connectivity index (χ3n) is 1.75. The van der Waals surface area contributed by atoms with E-state index in [1.54, 1.807) is 0 Å². The molecule has 0 atom stereocenters. The minimum atomic E-state index is 1.05. The van der Waals surface area contributed by atoms with Crippen molar-refractivity contribution >= 4 is 0 Å². The highest BCUT2D eigenvalue weighted by molar-refractivity contribution is 5.21. The van der Waals surface area contributed by atoms with Crippen LogP contribution >= 0.6 is 0 Å². The Labute approximate surface area is 67.8 Å². The van der Waals surface area contributed by atoms with Crippen molar-refractivity contribution in [2.24, 2.45) is 0 Å². The highest BCUT2D eigenvalue weighted by atomic mass is 14.6. The van der Waals surface area contributed by atoms with Crippen LogP contribution < -0.4 is 0 Å². The van der Waals surface area contributed by atoms with Crippen LogP contribution in [0, 0.1) is 6.92 Å². The van der Waals surface area contributed by atoms with Crippen molar-refractivity contribution in [2.75, 3.05) is 0 Å². The normalized spacial score (nSPS) is 9.55. The molecule has 0 aliphatic heterocycles. The summed E-state index contributed by atoms with van der Waals surface area (Å²) in [6.45, 7) is 5.78. The second-order valence-electron chi connectivity index (χ2n) is 2.63. The van der Waals surface area contributed by atoms with Crippen LogP contribution in [0.3, 0.4) is 0 Å². The quantitative estimate of drug-likeness (QED) is 0.598. The van der Waals surface area contributed by atoms with Crippen LogP contribution in [0.25, 0.3) is 0 Å². The van der Waals surface area contributed by atoms with E-state index in [1.165, 1.54) is 11.1 Å². The number of allylic oxidation sites excluding steroid dienone is 1. The standard InChI is InChI=1S/C10H13N/c1-3-4-5-10-6-7-11-8-9(10)2/h3,6-8H,1,4-5H2,2H3. The van der Waals surface area contributed by atoms with Crippen molar-refractivity contribution in [3.05, 3.63) is 42.2 Å². The topological polar surface area (TPSA) is 12.9 Å². The predicted octanol–water partition coefficient (Wildman–Crippen LogP) is 2.51. The number of hydrogen-bond donors (Lipinski definition) is 0. The lowest BCUT2D eigenvalue weighted by atomic mass is 10.1. The number of nitrogens with zero attached hydrogens (tertiary/aromatic N) is 1. The smallest absolute Gasteiger partial charge is 0.0299 e. The Bertz CT molecular complexity index is 240. The lowest BCUT2D eigenvalue weighted by molar-refractivity contribution is 0.980. The monoisotopic (exact) mass is 147 g/mol. The van der Waals surface area contributed by atoms with E-state index in [0.717, 1.165) is 12.8 Å². The van der Waals surface area contributed by atoms with Gasteiger partial charge in [-0.1, -0.05) is 6.08 Å². The third-order valence-corrected chi connectivity index (χ3v) is 1.75. The number of aromatic nitrogens is 1. The Morgan fingerprint density at radius 3 is 3.09 bits per heavy atom. The maximum Gasteiger partial charge on any atom is 0.0299 e. The Morgan fingerprint density at radius 1 is 1.64 bits per heavy atom. The molecule has 1 rings (SSSR count). The van der Waals surface area contributed by atoms with Gasteiger partial charge in [-0.25, -0.2) is 0 Å².